The summed E-state index contributed by atoms with van der Waals surface area (Å²) < 4.78 is 11.0. The Balaban J connectivity index is 2.41. The monoisotopic (exact) mass is 293 g/mol. The van der Waals surface area contributed by atoms with Crippen molar-refractivity contribution in [1.82, 2.24) is 0 Å². The molecule has 2 aromatic rings. The highest BCUT2D eigenvalue weighted by molar-refractivity contribution is 7.80. The Labute approximate surface area is 121 Å². The summed E-state index contributed by atoms with van der Waals surface area (Å²) in [7, 11) is 1.58. The Kier molecular flexibility index (Phi) is 4.24. The molecular weight excluding hydrogens is 282 g/mol. The Bertz CT molecular complexity index is 616. The van der Waals surface area contributed by atoms with E-state index in [-0.39, 0.29) is 4.99 Å². The molecule has 0 aliphatic rings. The Hall–Kier alpha value is -1.78. The van der Waals surface area contributed by atoms with Gasteiger partial charge in [0.25, 0.3) is 0 Å². The highest BCUT2D eigenvalue weighted by Gasteiger charge is 2.11. The minimum atomic E-state index is 0.229. The van der Waals surface area contributed by atoms with E-state index in [9.17, 15) is 0 Å². The van der Waals surface area contributed by atoms with Gasteiger partial charge in [0.05, 0.1) is 12.7 Å². The fraction of sp³-hybridized carbons (Fsp3) is 0.0714. The number of thiocarbonyl (C=S) groups is 1. The van der Waals surface area contributed by atoms with Gasteiger partial charge in [-0.15, -0.1) is 0 Å². The minimum absolute atomic E-state index is 0.229. The van der Waals surface area contributed by atoms with Gasteiger partial charge in [0.1, 0.15) is 10.7 Å². The molecule has 0 fully saturated rings. The molecule has 2 N–H and O–H groups in total. The lowest BCUT2D eigenvalue weighted by Crippen LogP contribution is -2.10. The van der Waals surface area contributed by atoms with E-state index in [0.29, 0.717) is 27.8 Å². The lowest BCUT2D eigenvalue weighted by atomic mass is 10.2. The van der Waals surface area contributed by atoms with E-state index in [0.717, 1.165) is 0 Å². The van der Waals surface area contributed by atoms with Crippen LogP contribution in [0.25, 0.3) is 0 Å². The predicted molar refractivity (Wildman–Crippen MR) is 80.4 cm³/mol. The topological polar surface area (TPSA) is 44.5 Å². The number of nitrogens with two attached hydrogens (primary N) is 1. The first kappa shape index (κ1) is 13.6. The fourth-order valence-electron chi connectivity index (χ4n) is 1.61. The van der Waals surface area contributed by atoms with Crippen LogP contribution < -0.4 is 15.2 Å². The van der Waals surface area contributed by atoms with Crippen molar-refractivity contribution in [2.45, 2.75) is 0 Å². The predicted octanol–water partition coefficient (Wildman–Crippen LogP) is 3.78. The first-order chi connectivity index (χ1) is 9.11. The van der Waals surface area contributed by atoms with Gasteiger partial charge < -0.3 is 15.2 Å². The van der Waals surface area contributed by atoms with Gasteiger partial charge in [-0.1, -0.05) is 36.0 Å². The van der Waals surface area contributed by atoms with Crippen LogP contribution >= 0.6 is 23.8 Å². The molecule has 0 heterocycles. The number of halogens is 1. The maximum atomic E-state index is 5.93. The smallest absolute Gasteiger partial charge is 0.169 e. The van der Waals surface area contributed by atoms with Crippen LogP contribution in [-0.4, -0.2) is 12.1 Å². The molecule has 2 aromatic carbocycles. The molecule has 5 heteroatoms. The van der Waals surface area contributed by atoms with E-state index >= 15 is 0 Å². The van der Waals surface area contributed by atoms with Crippen molar-refractivity contribution in [3.8, 4) is 17.2 Å². The van der Waals surface area contributed by atoms with Crippen molar-refractivity contribution >= 4 is 28.8 Å². The summed E-state index contributed by atoms with van der Waals surface area (Å²) in [6.07, 6.45) is 0. The van der Waals surface area contributed by atoms with E-state index in [1.165, 1.54) is 0 Å². The number of methoxy groups -OCH3 is 1. The van der Waals surface area contributed by atoms with Crippen LogP contribution in [0.3, 0.4) is 0 Å². The van der Waals surface area contributed by atoms with Crippen molar-refractivity contribution < 1.29 is 9.47 Å². The van der Waals surface area contributed by atoms with Crippen molar-refractivity contribution in [2.24, 2.45) is 5.73 Å². The molecule has 2 rings (SSSR count). The normalized spacial score (nSPS) is 10.0. The summed E-state index contributed by atoms with van der Waals surface area (Å²) in [5.74, 6) is 1.76. The number of ether oxygens (including phenoxy) is 2. The largest absolute Gasteiger partial charge is 0.493 e. The molecule has 0 atom stereocenters. The molecule has 0 saturated heterocycles. The highest BCUT2D eigenvalue weighted by atomic mass is 35.5. The van der Waals surface area contributed by atoms with Crippen molar-refractivity contribution in [2.75, 3.05) is 7.11 Å². The van der Waals surface area contributed by atoms with Crippen molar-refractivity contribution in [3.05, 3.63) is 53.1 Å². The van der Waals surface area contributed by atoms with Gasteiger partial charge in [-0.2, -0.15) is 0 Å². The molecule has 0 unspecified atom stereocenters. The first-order valence-electron chi connectivity index (χ1n) is 5.52. The van der Waals surface area contributed by atoms with Gasteiger partial charge in [0.15, 0.2) is 11.5 Å². The number of para-hydroxylation sites is 2. The first-order valence-corrected chi connectivity index (χ1v) is 6.30. The number of hydrogen-bond donors (Lipinski definition) is 1. The zero-order valence-electron chi connectivity index (χ0n) is 10.2. The minimum Gasteiger partial charge on any atom is -0.493 e. The molecule has 0 aliphatic heterocycles. The van der Waals surface area contributed by atoms with Gasteiger partial charge >= 0.3 is 0 Å². The quantitative estimate of drug-likeness (QED) is 0.872. The van der Waals surface area contributed by atoms with Crippen LogP contribution in [0, 0.1) is 0 Å². The van der Waals surface area contributed by atoms with Crippen LogP contribution in [0.5, 0.6) is 17.2 Å². The molecule has 0 aromatic heterocycles. The third-order valence-electron chi connectivity index (χ3n) is 2.50. The number of benzene rings is 2. The van der Waals surface area contributed by atoms with Gasteiger partial charge in [0, 0.05) is 5.02 Å². The molecule has 0 bridgehead atoms. The van der Waals surface area contributed by atoms with E-state index in [4.69, 9.17) is 39.0 Å². The van der Waals surface area contributed by atoms with Crippen LogP contribution in [0.1, 0.15) is 5.56 Å². The molecule has 0 spiro atoms. The molecular formula is C14H12ClNO2S. The van der Waals surface area contributed by atoms with Crippen molar-refractivity contribution in [1.29, 1.82) is 0 Å². The summed E-state index contributed by atoms with van der Waals surface area (Å²) in [4.78, 5) is 0.229. The standard InChI is InChI=1S/C14H12ClNO2S/c1-17-12-4-2-3-5-13(12)18-11-7-6-9(15)8-10(11)14(16)19/h2-8H,1H3,(H2,16,19). The van der Waals surface area contributed by atoms with Gasteiger partial charge in [-0.05, 0) is 30.3 Å². The number of hydrogen-bond acceptors (Lipinski definition) is 3. The van der Waals surface area contributed by atoms with Gasteiger partial charge in [-0.25, -0.2) is 0 Å². The number of rotatable bonds is 4. The lowest BCUT2D eigenvalue weighted by molar-refractivity contribution is 0.378. The molecule has 19 heavy (non-hydrogen) atoms. The maximum Gasteiger partial charge on any atom is 0.169 e. The zero-order valence-corrected chi connectivity index (χ0v) is 11.8. The Morgan fingerprint density at radius 3 is 2.42 bits per heavy atom. The average Bonchev–Trinajstić information content (AvgIpc) is 2.41. The molecule has 0 amide bonds. The second kappa shape index (κ2) is 5.91. The average molecular weight is 294 g/mol. The molecule has 3 nitrogen and oxygen atoms in total. The molecule has 0 saturated carbocycles. The second-order valence-corrected chi connectivity index (χ2v) is 4.63. The molecule has 98 valence electrons. The Morgan fingerprint density at radius 2 is 1.79 bits per heavy atom. The van der Waals surface area contributed by atoms with E-state index < -0.39 is 0 Å². The van der Waals surface area contributed by atoms with Crippen LogP contribution in [-0.2, 0) is 0 Å². The zero-order chi connectivity index (χ0) is 13.8. The SMILES string of the molecule is COc1ccccc1Oc1ccc(Cl)cc1C(N)=S. The maximum absolute atomic E-state index is 5.93. The van der Waals surface area contributed by atoms with E-state index in [1.54, 1.807) is 31.4 Å². The Morgan fingerprint density at radius 1 is 1.11 bits per heavy atom. The fourth-order valence-corrected chi connectivity index (χ4v) is 1.94. The summed E-state index contributed by atoms with van der Waals surface area (Å²) in [6.45, 7) is 0. The summed E-state index contributed by atoms with van der Waals surface area (Å²) in [6, 6.07) is 12.4. The van der Waals surface area contributed by atoms with Gasteiger partial charge in [0.2, 0.25) is 0 Å². The molecule has 0 radical (unpaired) electrons. The lowest BCUT2D eigenvalue weighted by Gasteiger charge is -2.13. The molecule has 0 aliphatic carbocycles. The third-order valence-corrected chi connectivity index (χ3v) is 2.95. The van der Waals surface area contributed by atoms with Crippen molar-refractivity contribution in [3.63, 3.8) is 0 Å². The summed E-state index contributed by atoms with van der Waals surface area (Å²) >= 11 is 10.9. The summed E-state index contributed by atoms with van der Waals surface area (Å²) in [5.41, 5.74) is 6.26. The van der Waals surface area contributed by atoms with Gasteiger partial charge in [-0.3, -0.25) is 0 Å². The highest BCUT2D eigenvalue weighted by Crippen LogP contribution is 2.33. The third kappa shape index (κ3) is 3.16. The second-order valence-electron chi connectivity index (χ2n) is 3.76. The van der Waals surface area contributed by atoms with E-state index in [1.807, 2.05) is 18.2 Å². The van der Waals surface area contributed by atoms with Crippen LogP contribution in [0.2, 0.25) is 5.02 Å². The van der Waals surface area contributed by atoms with Crippen LogP contribution in [0.4, 0.5) is 0 Å². The van der Waals surface area contributed by atoms with Crippen LogP contribution in [0.15, 0.2) is 42.5 Å². The summed E-state index contributed by atoms with van der Waals surface area (Å²) in [5, 5.41) is 0.551. The van der Waals surface area contributed by atoms with E-state index in [2.05, 4.69) is 0 Å².